The van der Waals surface area contributed by atoms with Crippen LogP contribution in [0.4, 0.5) is 0 Å². The highest BCUT2D eigenvalue weighted by molar-refractivity contribution is 7.80. The fourth-order valence-corrected chi connectivity index (χ4v) is 9.31. The van der Waals surface area contributed by atoms with E-state index in [0.29, 0.717) is 0 Å². The van der Waals surface area contributed by atoms with Crippen molar-refractivity contribution >= 4 is 32.3 Å². The lowest BCUT2D eigenvalue weighted by Crippen LogP contribution is -2.34. The molecule has 0 aromatic heterocycles. The summed E-state index contributed by atoms with van der Waals surface area (Å²) in [6, 6.07) is 39.2. The quantitative estimate of drug-likeness (QED) is 0.255. The van der Waals surface area contributed by atoms with Crippen LogP contribution in [0.25, 0.3) is 0 Å². The van der Waals surface area contributed by atoms with Gasteiger partial charge in [0.15, 0.2) is 0 Å². The molecular weight excluding hydrogens is 440 g/mol. The van der Waals surface area contributed by atoms with Crippen LogP contribution in [0.3, 0.4) is 0 Å². The zero-order chi connectivity index (χ0) is 23.2. The lowest BCUT2D eigenvalue weighted by molar-refractivity contribution is 0.509. The molecule has 4 aromatic rings. The molecule has 0 amide bonds. The third kappa shape index (κ3) is 5.90. The monoisotopic (exact) mass is 471 g/mol. The molecule has 0 aliphatic heterocycles. The summed E-state index contributed by atoms with van der Waals surface area (Å²) in [7, 11) is -1.88. The third-order valence-electron chi connectivity index (χ3n) is 5.22. The van der Waals surface area contributed by atoms with Crippen molar-refractivity contribution in [3.63, 3.8) is 0 Å². The van der Waals surface area contributed by atoms with Gasteiger partial charge in [0.25, 0.3) is 0 Å². The van der Waals surface area contributed by atoms with Crippen molar-refractivity contribution in [1.29, 1.82) is 0 Å². The number of aryl methyl sites for hydroxylation is 2. The molecule has 168 valence electrons. The molecule has 2 nitrogen and oxygen atoms in total. The van der Waals surface area contributed by atoms with Crippen LogP contribution in [0.1, 0.15) is 25.0 Å². The van der Waals surface area contributed by atoms with Crippen molar-refractivity contribution < 1.29 is 4.52 Å². The standard InChI is InChI=1S/C29H31NOP2/c1-23(2)30(32(27-14-8-5-9-15-27)28-16-10-6-11-17-28)33(29-18-12-7-13-19-29)31-26-21-24(3)20-25(4)22-26/h5-23H,1-4H3. The predicted octanol–water partition coefficient (Wildman–Crippen LogP) is 7.08. The maximum atomic E-state index is 6.92. The van der Waals surface area contributed by atoms with Crippen molar-refractivity contribution in [2.75, 3.05) is 0 Å². The molecule has 0 spiro atoms. The Labute approximate surface area is 200 Å². The summed E-state index contributed by atoms with van der Waals surface area (Å²) in [5, 5.41) is 3.89. The number of hydrogen-bond acceptors (Lipinski definition) is 2. The van der Waals surface area contributed by atoms with E-state index in [-0.39, 0.29) is 6.04 Å². The zero-order valence-electron chi connectivity index (χ0n) is 19.7. The first-order valence-electron chi connectivity index (χ1n) is 11.3. The van der Waals surface area contributed by atoms with E-state index in [1.54, 1.807) is 0 Å². The van der Waals surface area contributed by atoms with Gasteiger partial charge in [-0.25, -0.2) is 4.44 Å². The minimum atomic E-state index is -1.08. The Bertz CT molecular complexity index is 1090. The van der Waals surface area contributed by atoms with Gasteiger partial charge in [0, 0.05) is 19.4 Å². The predicted molar refractivity (Wildman–Crippen MR) is 146 cm³/mol. The summed E-state index contributed by atoms with van der Waals surface area (Å²) in [5.41, 5.74) is 2.44. The number of nitrogens with zero attached hydrogens (tertiary/aromatic N) is 1. The van der Waals surface area contributed by atoms with Gasteiger partial charge in [0.05, 0.1) is 0 Å². The molecule has 0 heterocycles. The van der Waals surface area contributed by atoms with Gasteiger partial charge in [0.1, 0.15) is 5.75 Å². The van der Waals surface area contributed by atoms with Gasteiger partial charge in [-0.15, -0.1) is 0 Å². The first-order chi connectivity index (χ1) is 16.0. The molecule has 0 fully saturated rings. The van der Waals surface area contributed by atoms with Crippen LogP contribution in [0.5, 0.6) is 5.75 Å². The Morgan fingerprint density at radius 1 is 0.606 bits per heavy atom. The number of benzene rings is 4. The summed E-state index contributed by atoms with van der Waals surface area (Å²) in [6.45, 7) is 8.83. The second-order valence-corrected chi connectivity index (χ2v) is 12.5. The Balaban J connectivity index is 1.86. The molecule has 1 unspecified atom stereocenters. The van der Waals surface area contributed by atoms with E-state index < -0.39 is 16.4 Å². The largest absolute Gasteiger partial charge is 0.453 e. The molecule has 33 heavy (non-hydrogen) atoms. The number of rotatable bonds is 8. The van der Waals surface area contributed by atoms with Crippen LogP contribution >= 0.6 is 16.4 Å². The Morgan fingerprint density at radius 2 is 1.03 bits per heavy atom. The van der Waals surface area contributed by atoms with E-state index in [4.69, 9.17) is 4.52 Å². The first kappa shape index (κ1) is 23.7. The second kappa shape index (κ2) is 11.1. The molecule has 0 aliphatic carbocycles. The molecule has 0 saturated heterocycles. The maximum Gasteiger partial charge on any atom is 0.201 e. The Kier molecular flexibility index (Phi) is 7.94. The van der Waals surface area contributed by atoms with Gasteiger partial charge in [0.2, 0.25) is 8.30 Å². The lowest BCUT2D eigenvalue weighted by Gasteiger charge is -2.40. The van der Waals surface area contributed by atoms with Crippen LogP contribution in [-0.4, -0.2) is 10.5 Å². The van der Waals surface area contributed by atoms with Crippen molar-refractivity contribution in [3.8, 4) is 5.75 Å². The van der Waals surface area contributed by atoms with E-state index in [9.17, 15) is 0 Å². The smallest absolute Gasteiger partial charge is 0.201 e. The molecule has 0 bridgehead atoms. The van der Waals surface area contributed by atoms with Crippen LogP contribution in [0.2, 0.25) is 0 Å². The fourth-order valence-electron chi connectivity index (χ4n) is 3.90. The molecule has 0 radical (unpaired) electrons. The lowest BCUT2D eigenvalue weighted by atomic mass is 10.1. The minimum absolute atomic E-state index is 0.286. The van der Waals surface area contributed by atoms with Crippen LogP contribution in [0, 0.1) is 13.8 Å². The molecule has 0 N–H and O–H groups in total. The number of hydrogen-bond donors (Lipinski definition) is 0. The third-order valence-corrected chi connectivity index (χ3v) is 10.6. The molecule has 0 aliphatic rings. The highest BCUT2D eigenvalue weighted by atomic mass is 31.2. The van der Waals surface area contributed by atoms with E-state index in [2.05, 4.69) is 141 Å². The van der Waals surface area contributed by atoms with Crippen LogP contribution < -0.4 is 20.4 Å². The van der Waals surface area contributed by atoms with Gasteiger partial charge in [-0.2, -0.15) is 0 Å². The molecule has 1 atom stereocenters. The highest BCUT2D eigenvalue weighted by Crippen LogP contribution is 2.56. The Hall–Kier alpha value is -2.50. The topological polar surface area (TPSA) is 12.5 Å². The van der Waals surface area contributed by atoms with E-state index in [1.165, 1.54) is 27.0 Å². The first-order valence-corrected chi connectivity index (χ1v) is 13.8. The van der Waals surface area contributed by atoms with Gasteiger partial charge in [-0.05, 0) is 73.7 Å². The average Bonchev–Trinajstić information content (AvgIpc) is 2.82. The van der Waals surface area contributed by atoms with Gasteiger partial charge < -0.3 is 4.52 Å². The molecular formula is C29H31NOP2. The summed E-state index contributed by atoms with van der Waals surface area (Å²) in [4.78, 5) is 0. The van der Waals surface area contributed by atoms with Crippen molar-refractivity contribution in [2.24, 2.45) is 0 Å². The van der Waals surface area contributed by atoms with Crippen molar-refractivity contribution in [1.82, 2.24) is 4.44 Å². The van der Waals surface area contributed by atoms with E-state index in [1.807, 2.05) is 0 Å². The van der Waals surface area contributed by atoms with Gasteiger partial charge in [-0.3, -0.25) is 0 Å². The summed E-state index contributed by atoms with van der Waals surface area (Å²) in [6.07, 6.45) is 0. The fraction of sp³-hybridized carbons (Fsp3) is 0.172. The van der Waals surface area contributed by atoms with Gasteiger partial charge >= 0.3 is 0 Å². The van der Waals surface area contributed by atoms with Crippen molar-refractivity contribution in [2.45, 2.75) is 33.7 Å². The second-order valence-electron chi connectivity index (χ2n) is 8.42. The van der Waals surface area contributed by atoms with E-state index in [0.717, 1.165) is 5.75 Å². The van der Waals surface area contributed by atoms with Crippen molar-refractivity contribution in [3.05, 3.63) is 120 Å². The van der Waals surface area contributed by atoms with Gasteiger partial charge in [-0.1, -0.05) is 84.9 Å². The molecule has 0 saturated carbocycles. The Morgan fingerprint density at radius 3 is 1.45 bits per heavy atom. The molecule has 4 rings (SSSR count). The maximum absolute atomic E-state index is 6.92. The zero-order valence-corrected chi connectivity index (χ0v) is 21.5. The van der Waals surface area contributed by atoms with Crippen LogP contribution in [-0.2, 0) is 0 Å². The average molecular weight is 472 g/mol. The molecule has 4 aromatic carbocycles. The summed E-state index contributed by atoms with van der Waals surface area (Å²) in [5.74, 6) is 0.934. The molecule has 4 heteroatoms. The minimum Gasteiger partial charge on any atom is -0.453 e. The summed E-state index contributed by atoms with van der Waals surface area (Å²) >= 11 is 0. The SMILES string of the molecule is Cc1cc(C)cc(OP(c2ccccc2)N(C(C)C)P(c2ccccc2)c2ccccc2)c1. The summed E-state index contributed by atoms with van der Waals surface area (Å²) < 4.78 is 9.53. The highest BCUT2D eigenvalue weighted by Gasteiger charge is 2.34. The normalized spacial score (nSPS) is 12.3. The van der Waals surface area contributed by atoms with E-state index >= 15 is 0 Å². The van der Waals surface area contributed by atoms with Crippen LogP contribution in [0.15, 0.2) is 109 Å².